The topological polar surface area (TPSA) is 55.8 Å². The lowest BCUT2D eigenvalue weighted by molar-refractivity contribution is -0.128. The number of carbonyl (C=O) groups is 1. The molecule has 0 spiro atoms. The monoisotopic (exact) mass is 401 g/mol. The van der Waals surface area contributed by atoms with Crippen LogP contribution in [0.3, 0.4) is 0 Å². The van der Waals surface area contributed by atoms with Gasteiger partial charge in [-0.2, -0.15) is 0 Å². The van der Waals surface area contributed by atoms with Gasteiger partial charge in [-0.15, -0.1) is 0 Å². The first kappa shape index (κ1) is 22.3. The summed E-state index contributed by atoms with van der Waals surface area (Å²) >= 11 is 0. The third-order valence-electron chi connectivity index (χ3n) is 6.94. The second-order valence-corrected chi connectivity index (χ2v) is 10.1. The Balaban J connectivity index is 1.78. The number of benzene rings is 1. The lowest BCUT2D eigenvalue weighted by Crippen LogP contribution is -2.52. The largest absolute Gasteiger partial charge is 0.391 e. The van der Waals surface area contributed by atoms with E-state index in [9.17, 15) is 9.90 Å². The lowest BCUT2D eigenvalue weighted by Gasteiger charge is -2.39. The summed E-state index contributed by atoms with van der Waals surface area (Å²) < 4.78 is 0. The molecule has 3 atom stereocenters. The van der Waals surface area contributed by atoms with Gasteiger partial charge in [0.15, 0.2) is 0 Å². The van der Waals surface area contributed by atoms with Crippen molar-refractivity contribution in [3.8, 4) is 0 Å². The van der Waals surface area contributed by atoms with Gasteiger partial charge < -0.3 is 15.3 Å². The third-order valence-corrected chi connectivity index (χ3v) is 6.94. The number of nitrogens with one attached hydrogen (secondary N) is 1. The number of rotatable bonds is 4. The highest BCUT2D eigenvalue weighted by Crippen LogP contribution is 2.39. The maximum Gasteiger partial charge on any atom is 0.225 e. The van der Waals surface area contributed by atoms with E-state index < -0.39 is 5.41 Å². The average Bonchev–Trinajstić information content (AvgIpc) is 2.87. The van der Waals surface area contributed by atoms with Crippen LogP contribution in [0.5, 0.6) is 0 Å². The van der Waals surface area contributed by atoms with Crippen LogP contribution >= 0.6 is 0 Å². The molecule has 1 aliphatic heterocycles. The van der Waals surface area contributed by atoms with Crippen LogP contribution in [0.15, 0.2) is 30.3 Å². The van der Waals surface area contributed by atoms with Crippen molar-refractivity contribution in [1.82, 2.24) is 15.1 Å². The fourth-order valence-electron chi connectivity index (χ4n) is 4.81. The highest BCUT2D eigenvalue weighted by atomic mass is 16.3. The Hall–Kier alpha value is -1.43. The van der Waals surface area contributed by atoms with Crippen LogP contribution in [0, 0.1) is 5.41 Å². The van der Waals surface area contributed by atoms with Crippen molar-refractivity contribution in [3.05, 3.63) is 35.9 Å². The van der Waals surface area contributed by atoms with E-state index in [2.05, 4.69) is 46.4 Å². The molecule has 1 aromatic rings. The van der Waals surface area contributed by atoms with Crippen molar-refractivity contribution < 1.29 is 9.90 Å². The van der Waals surface area contributed by atoms with Crippen LogP contribution in [0.2, 0.25) is 0 Å². The van der Waals surface area contributed by atoms with Crippen LogP contribution in [0.1, 0.15) is 52.0 Å². The smallest absolute Gasteiger partial charge is 0.225 e. The number of hydrogen-bond acceptors (Lipinski definition) is 4. The first-order chi connectivity index (χ1) is 13.7. The summed E-state index contributed by atoms with van der Waals surface area (Å²) in [6.07, 6.45) is 3.31. The van der Waals surface area contributed by atoms with E-state index in [-0.39, 0.29) is 23.5 Å². The number of amides is 1. The van der Waals surface area contributed by atoms with Crippen LogP contribution in [-0.2, 0) is 10.2 Å². The molecule has 3 rings (SSSR count). The summed E-state index contributed by atoms with van der Waals surface area (Å²) in [5.74, 6) is 0.0909. The molecule has 0 bridgehead atoms. The Labute approximate surface area is 176 Å². The molecule has 1 aliphatic carbocycles. The average molecular weight is 402 g/mol. The molecular formula is C24H39N3O2. The number of aliphatic hydroxyl groups is 1. The van der Waals surface area contributed by atoms with E-state index in [1.54, 1.807) is 0 Å². The van der Waals surface area contributed by atoms with Crippen molar-refractivity contribution >= 4 is 5.91 Å². The lowest BCUT2D eigenvalue weighted by atomic mass is 9.74. The van der Waals surface area contributed by atoms with Gasteiger partial charge in [-0.1, -0.05) is 51.1 Å². The summed E-state index contributed by atoms with van der Waals surface area (Å²) in [4.78, 5) is 17.4. The maximum absolute atomic E-state index is 12.6. The van der Waals surface area contributed by atoms with Crippen LogP contribution in [0.4, 0.5) is 0 Å². The zero-order valence-electron chi connectivity index (χ0n) is 18.7. The molecule has 0 aromatic heterocycles. The summed E-state index contributed by atoms with van der Waals surface area (Å²) in [6.45, 7) is 10.7. The number of piperazine rings is 1. The highest BCUT2D eigenvalue weighted by molar-refractivity contribution is 5.81. The summed E-state index contributed by atoms with van der Waals surface area (Å²) in [7, 11) is 2.17. The molecule has 1 amide bonds. The molecule has 5 nitrogen and oxygen atoms in total. The van der Waals surface area contributed by atoms with Gasteiger partial charge in [-0.3, -0.25) is 9.69 Å². The van der Waals surface area contributed by atoms with Crippen molar-refractivity contribution in [2.24, 2.45) is 5.41 Å². The van der Waals surface area contributed by atoms with Crippen molar-refractivity contribution in [2.75, 3.05) is 39.8 Å². The minimum Gasteiger partial charge on any atom is -0.391 e. The van der Waals surface area contributed by atoms with E-state index in [0.717, 1.165) is 51.9 Å². The number of aliphatic hydroxyl groups excluding tert-OH is 1. The quantitative estimate of drug-likeness (QED) is 0.762. The molecule has 1 saturated heterocycles. The van der Waals surface area contributed by atoms with Gasteiger partial charge in [0.25, 0.3) is 0 Å². The Morgan fingerprint density at radius 2 is 1.72 bits per heavy atom. The number of nitrogens with zero attached hydrogens (tertiary/aromatic N) is 2. The van der Waals surface area contributed by atoms with E-state index in [4.69, 9.17) is 0 Å². The van der Waals surface area contributed by atoms with Gasteiger partial charge in [0.05, 0.1) is 6.10 Å². The predicted molar refractivity (Wildman–Crippen MR) is 118 cm³/mol. The third kappa shape index (κ3) is 5.39. The molecule has 2 N–H and O–H groups in total. The van der Waals surface area contributed by atoms with Gasteiger partial charge in [0, 0.05) is 49.6 Å². The summed E-state index contributed by atoms with van der Waals surface area (Å²) in [6, 6.07) is 10.8. The first-order valence-corrected chi connectivity index (χ1v) is 11.2. The van der Waals surface area contributed by atoms with Gasteiger partial charge >= 0.3 is 0 Å². The molecule has 5 heteroatoms. The molecule has 2 aliphatic rings. The van der Waals surface area contributed by atoms with Crippen molar-refractivity contribution in [3.63, 3.8) is 0 Å². The van der Waals surface area contributed by atoms with E-state index >= 15 is 0 Å². The highest BCUT2D eigenvalue weighted by Gasteiger charge is 2.40. The molecule has 0 radical (unpaired) electrons. The summed E-state index contributed by atoms with van der Waals surface area (Å²) in [5, 5.41) is 14.2. The molecule has 0 unspecified atom stereocenters. The Morgan fingerprint density at radius 3 is 2.34 bits per heavy atom. The van der Waals surface area contributed by atoms with Crippen molar-refractivity contribution in [2.45, 2.75) is 64.0 Å². The number of likely N-dealkylation sites (N-methyl/N-ethyl adjacent to an activating group) is 1. The Bertz CT molecular complexity index is 664. The zero-order chi connectivity index (χ0) is 21.1. The van der Waals surface area contributed by atoms with E-state index in [0.29, 0.717) is 6.54 Å². The van der Waals surface area contributed by atoms with Crippen molar-refractivity contribution in [1.29, 1.82) is 0 Å². The Kier molecular flexibility index (Phi) is 7.02. The fourth-order valence-corrected chi connectivity index (χ4v) is 4.81. The normalized spacial score (nSPS) is 30.0. The number of carbonyl (C=O) groups excluding carboxylic acids is 1. The molecule has 1 saturated carbocycles. The minimum atomic E-state index is -0.398. The summed E-state index contributed by atoms with van der Waals surface area (Å²) in [5.41, 5.74) is 0.759. The minimum absolute atomic E-state index is 0.0909. The van der Waals surface area contributed by atoms with Gasteiger partial charge in [0.1, 0.15) is 0 Å². The molecule has 2 fully saturated rings. The predicted octanol–water partition coefficient (Wildman–Crippen LogP) is 2.64. The molecule has 162 valence electrons. The first-order valence-electron chi connectivity index (χ1n) is 11.2. The molecular weight excluding hydrogens is 362 g/mol. The Morgan fingerprint density at radius 1 is 1.10 bits per heavy atom. The SMILES string of the molecule is CN1CCN([C@H]2CC[C@](CNC(=O)C(C)(C)C)(c3ccccc3)CC[C@@H]2O)CC1. The van der Waals surface area contributed by atoms with E-state index in [1.165, 1.54) is 5.56 Å². The zero-order valence-corrected chi connectivity index (χ0v) is 18.7. The second kappa shape index (κ2) is 9.15. The van der Waals surface area contributed by atoms with Gasteiger partial charge in [-0.05, 0) is 38.3 Å². The maximum atomic E-state index is 12.6. The van der Waals surface area contributed by atoms with E-state index in [1.807, 2.05) is 26.8 Å². The second-order valence-electron chi connectivity index (χ2n) is 10.1. The molecule has 29 heavy (non-hydrogen) atoms. The van der Waals surface area contributed by atoms with Gasteiger partial charge in [-0.25, -0.2) is 0 Å². The fraction of sp³-hybridized carbons (Fsp3) is 0.708. The standard InChI is InChI=1S/C24H39N3O2/c1-23(2,3)22(29)25-18-24(19-8-6-5-7-9-19)12-10-20(21(28)11-13-24)27-16-14-26(4)15-17-27/h5-9,20-21,28H,10-18H2,1-4H3,(H,25,29)/t20-,21-,24-/m0/s1. The molecule has 1 heterocycles. The number of hydrogen-bond donors (Lipinski definition) is 2. The van der Waals surface area contributed by atoms with Crippen LogP contribution in [-0.4, -0.2) is 72.7 Å². The van der Waals surface area contributed by atoms with Crippen LogP contribution in [0.25, 0.3) is 0 Å². The van der Waals surface area contributed by atoms with Crippen LogP contribution < -0.4 is 5.32 Å². The molecule has 1 aromatic carbocycles. The van der Waals surface area contributed by atoms with Gasteiger partial charge in [0.2, 0.25) is 5.91 Å².